The van der Waals surface area contributed by atoms with Crippen LogP contribution in [0.3, 0.4) is 0 Å². The zero-order chi connectivity index (χ0) is 45.2. The molecule has 0 saturated heterocycles. The van der Waals surface area contributed by atoms with E-state index in [1.165, 1.54) is 59.9 Å². The molecule has 22 nitrogen and oxygen atoms in total. The summed E-state index contributed by atoms with van der Waals surface area (Å²) in [6, 6.07) is 19.9. The number of azo groups is 3. The number of aromatic amines is 1. The van der Waals surface area contributed by atoms with E-state index >= 15 is 0 Å². The summed E-state index contributed by atoms with van der Waals surface area (Å²) < 4.78 is 75.4. The first-order valence-corrected chi connectivity index (χ1v) is 21.7. The van der Waals surface area contributed by atoms with Crippen molar-refractivity contribution in [1.29, 1.82) is 0 Å². The van der Waals surface area contributed by atoms with E-state index < -0.39 is 78.5 Å². The number of carbonyl (C=O) groups is 2. The summed E-state index contributed by atoms with van der Waals surface area (Å²) in [5, 5.41) is 57.0. The third kappa shape index (κ3) is 9.82. The molecule has 25 heteroatoms. The van der Waals surface area contributed by atoms with E-state index in [4.69, 9.17) is 4.74 Å². The van der Waals surface area contributed by atoms with Gasteiger partial charge in [-0.2, -0.15) is 16.8 Å². The van der Waals surface area contributed by atoms with Crippen LogP contribution in [0.2, 0.25) is 0 Å². The number of phenolic OH excluding ortho intramolecular Hbond substituents is 1. The van der Waals surface area contributed by atoms with Gasteiger partial charge in [-0.25, -0.2) is 14.5 Å². The molecule has 2 aromatic heterocycles. The second-order valence-electron chi connectivity index (χ2n) is 13.2. The highest BCUT2D eigenvalue weighted by Gasteiger charge is 2.24. The summed E-state index contributed by atoms with van der Waals surface area (Å²) in [6.07, 6.45) is -0.754. The van der Waals surface area contributed by atoms with Crippen LogP contribution in [0.4, 0.5) is 33.6 Å². The number of aryl methyl sites for hydroxylation is 1. The standard InChI is InChI=1S/C38H29N9O13S3/c1-19-16-28(30(60-14-15-62(54,55)56)17-27(19)42-45-38-39-24-4-2-3-5-31(24)61-38)43-40-25-12-11-23-22(34(25)50)10-13-26(35(23)63(57,58)59)41-44-33-29(18-32(48)49)46-47(36(33)51)21-8-6-20(7-9-21)37(52)53/h2-13,16-17,46,50H,14-15,18H2,1H3,(H,48,49)(H,52,53)(H,54,55,56)(H,57,58,59). The Hall–Kier alpha value is -7.58. The predicted octanol–water partition coefficient (Wildman–Crippen LogP) is 8.03. The number of hydrogen-bond acceptors (Lipinski definition) is 17. The number of thiazole rings is 1. The Balaban J connectivity index is 1.23. The fourth-order valence-corrected chi connectivity index (χ4v) is 7.90. The summed E-state index contributed by atoms with van der Waals surface area (Å²) >= 11 is 1.31. The van der Waals surface area contributed by atoms with Crippen LogP contribution >= 0.6 is 11.3 Å². The van der Waals surface area contributed by atoms with Crippen LogP contribution in [0, 0.1) is 6.92 Å². The summed E-state index contributed by atoms with van der Waals surface area (Å²) in [5.74, 6) is -4.00. The maximum atomic E-state index is 13.4. The number of aromatic nitrogens is 3. The zero-order valence-corrected chi connectivity index (χ0v) is 34.5. The third-order valence-electron chi connectivity index (χ3n) is 8.90. The number of aliphatic carboxylic acids is 1. The zero-order valence-electron chi connectivity index (χ0n) is 32.0. The van der Waals surface area contributed by atoms with Crippen LogP contribution in [-0.2, 0) is 31.5 Å². The van der Waals surface area contributed by atoms with Crippen molar-refractivity contribution in [3.8, 4) is 17.2 Å². The van der Waals surface area contributed by atoms with E-state index in [-0.39, 0.29) is 44.8 Å². The quantitative estimate of drug-likeness (QED) is 0.0419. The number of rotatable bonds is 15. The average molecular weight is 916 g/mol. The number of nitrogens with one attached hydrogen (secondary N) is 1. The minimum absolute atomic E-state index is 0.0269. The number of carboxylic acids is 2. The number of hydrogen-bond donors (Lipinski definition) is 6. The topological polar surface area (TPSA) is 338 Å². The number of benzene rings is 5. The molecule has 0 aliphatic carbocycles. The number of nitrogens with zero attached hydrogens (tertiary/aromatic N) is 8. The molecule has 7 aromatic rings. The fraction of sp³-hybridized carbons (Fsp3) is 0.105. The highest BCUT2D eigenvalue weighted by molar-refractivity contribution is 7.86. The first kappa shape index (κ1) is 43.5. The number of ether oxygens (including phenoxy) is 1. The van der Waals surface area contributed by atoms with Gasteiger partial charge in [-0.1, -0.05) is 29.5 Å². The molecule has 0 aliphatic rings. The maximum Gasteiger partial charge on any atom is 0.335 e. The normalized spacial score (nSPS) is 12.4. The summed E-state index contributed by atoms with van der Waals surface area (Å²) in [7, 11) is -9.56. The van der Waals surface area contributed by atoms with Gasteiger partial charge in [0, 0.05) is 16.8 Å². The lowest BCUT2D eigenvalue weighted by molar-refractivity contribution is -0.136. The van der Waals surface area contributed by atoms with Crippen molar-refractivity contribution >= 4 is 98.1 Å². The number of aromatic hydroxyl groups is 1. The molecule has 5 aromatic carbocycles. The van der Waals surface area contributed by atoms with E-state index in [0.717, 1.165) is 27.0 Å². The largest absolute Gasteiger partial charge is 0.505 e. The Bertz CT molecular complexity index is 3330. The van der Waals surface area contributed by atoms with Gasteiger partial charge in [0.15, 0.2) is 11.4 Å². The number of para-hydroxylation sites is 1. The molecule has 0 amide bonds. The number of H-pyrrole nitrogens is 1. The van der Waals surface area contributed by atoms with E-state index in [9.17, 15) is 55.6 Å². The van der Waals surface area contributed by atoms with Gasteiger partial charge in [-0.05, 0) is 73.2 Å². The van der Waals surface area contributed by atoms with Gasteiger partial charge in [0.2, 0.25) is 5.13 Å². The maximum absolute atomic E-state index is 13.4. The van der Waals surface area contributed by atoms with Crippen molar-refractivity contribution in [3.63, 3.8) is 0 Å². The van der Waals surface area contributed by atoms with E-state index in [1.54, 1.807) is 6.92 Å². The van der Waals surface area contributed by atoms with Crippen LogP contribution in [-0.4, -0.2) is 80.3 Å². The lowest BCUT2D eigenvalue weighted by atomic mass is 10.1. The van der Waals surface area contributed by atoms with Crippen LogP contribution < -0.4 is 10.3 Å². The highest BCUT2D eigenvalue weighted by atomic mass is 32.2. The monoisotopic (exact) mass is 915 g/mol. The van der Waals surface area contributed by atoms with E-state index in [2.05, 4.69) is 40.8 Å². The highest BCUT2D eigenvalue weighted by Crippen LogP contribution is 2.43. The smallest absolute Gasteiger partial charge is 0.335 e. The fourth-order valence-electron chi connectivity index (χ4n) is 5.99. The minimum Gasteiger partial charge on any atom is -0.505 e. The Morgan fingerprint density at radius 2 is 1.48 bits per heavy atom. The molecule has 63 heavy (non-hydrogen) atoms. The molecule has 7 rings (SSSR count). The second kappa shape index (κ2) is 17.4. The molecule has 0 atom stereocenters. The second-order valence-corrected chi connectivity index (χ2v) is 17.2. The van der Waals surface area contributed by atoms with Crippen LogP contribution in [0.15, 0.2) is 125 Å². The number of fused-ring (bicyclic) bond motifs is 2. The van der Waals surface area contributed by atoms with Gasteiger partial charge in [0.05, 0.1) is 39.3 Å². The Morgan fingerprint density at radius 1 is 0.810 bits per heavy atom. The van der Waals surface area contributed by atoms with Crippen LogP contribution in [0.5, 0.6) is 11.5 Å². The summed E-state index contributed by atoms with van der Waals surface area (Å²) in [6.45, 7) is 1.18. The SMILES string of the molecule is Cc1cc(N=Nc2ccc3c(S(=O)(=O)O)c(N=Nc4c(CC(=O)O)[nH]n(-c5ccc(C(=O)O)cc5)c4=O)ccc3c2O)c(OCCS(=O)(=O)O)cc1N=Nc1nc2ccccc2s1. The molecule has 0 bridgehead atoms. The van der Waals surface area contributed by atoms with Crippen LogP contribution in [0.25, 0.3) is 26.7 Å². The van der Waals surface area contributed by atoms with Gasteiger partial charge >= 0.3 is 11.9 Å². The van der Waals surface area contributed by atoms with Crippen molar-refractivity contribution in [2.45, 2.75) is 18.2 Å². The summed E-state index contributed by atoms with van der Waals surface area (Å²) in [5.41, 5.74) is -0.839. The van der Waals surface area contributed by atoms with Crippen molar-refractivity contribution in [1.82, 2.24) is 14.8 Å². The number of phenols is 1. The molecule has 0 radical (unpaired) electrons. The molecule has 0 fully saturated rings. The minimum atomic E-state index is -5.15. The Morgan fingerprint density at radius 3 is 2.16 bits per heavy atom. The van der Waals surface area contributed by atoms with Crippen molar-refractivity contribution in [2.24, 2.45) is 30.7 Å². The molecule has 0 spiro atoms. The average Bonchev–Trinajstić information content (AvgIpc) is 3.78. The lowest BCUT2D eigenvalue weighted by Gasteiger charge is -2.11. The number of carboxylic acid groups (broad SMARTS) is 2. The van der Waals surface area contributed by atoms with Gasteiger partial charge in [-0.3, -0.25) is 23.8 Å². The number of aromatic carboxylic acids is 1. The Kier molecular flexibility index (Phi) is 12.0. The van der Waals surface area contributed by atoms with Gasteiger partial charge in [-0.15, -0.1) is 30.7 Å². The van der Waals surface area contributed by atoms with Crippen molar-refractivity contribution < 1.29 is 55.6 Å². The molecule has 0 aliphatic heterocycles. The van der Waals surface area contributed by atoms with Gasteiger partial charge in [0.1, 0.15) is 40.1 Å². The molecule has 6 N–H and O–H groups in total. The molecule has 0 unspecified atom stereocenters. The van der Waals surface area contributed by atoms with E-state index in [0.29, 0.717) is 16.4 Å². The molecule has 2 heterocycles. The third-order valence-corrected chi connectivity index (χ3v) is 11.5. The van der Waals surface area contributed by atoms with Gasteiger partial charge in [0.25, 0.3) is 25.8 Å². The Labute approximate surface area is 357 Å². The molecule has 322 valence electrons. The van der Waals surface area contributed by atoms with E-state index in [1.807, 2.05) is 24.3 Å². The van der Waals surface area contributed by atoms with Crippen molar-refractivity contribution in [2.75, 3.05) is 12.4 Å². The molecular weight excluding hydrogens is 887 g/mol. The predicted molar refractivity (Wildman–Crippen MR) is 225 cm³/mol. The lowest BCUT2D eigenvalue weighted by Crippen LogP contribution is -2.14. The van der Waals surface area contributed by atoms with Crippen LogP contribution in [0.1, 0.15) is 21.6 Å². The summed E-state index contributed by atoms with van der Waals surface area (Å²) in [4.78, 5) is 39.9. The first-order valence-electron chi connectivity index (χ1n) is 17.9. The van der Waals surface area contributed by atoms with Crippen molar-refractivity contribution in [3.05, 3.63) is 112 Å². The first-order chi connectivity index (χ1) is 29.9. The molecule has 0 saturated carbocycles. The van der Waals surface area contributed by atoms with Gasteiger partial charge < -0.3 is 20.1 Å². The molecular formula is C38H29N9O13S3.